The van der Waals surface area contributed by atoms with Gasteiger partial charge in [-0.1, -0.05) is 12.1 Å². The second kappa shape index (κ2) is 10.2. The summed E-state index contributed by atoms with van der Waals surface area (Å²) in [5, 5.41) is 4.10. The molecule has 2 aromatic heterocycles. The highest BCUT2D eigenvalue weighted by atomic mass is 19.3. The number of pyridine rings is 1. The van der Waals surface area contributed by atoms with Crippen LogP contribution in [0.25, 0.3) is 10.9 Å². The maximum Gasteiger partial charge on any atom is 0.267 e. The number of nitrogens with one attached hydrogen (secondary N) is 1. The molecule has 1 N–H and O–H groups in total. The molecule has 35 heavy (non-hydrogen) atoms. The molecule has 5 rings (SSSR count). The number of aryl methyl sites for hydroxylation is 1. The summed E-state index contributed by atoms with van der Waals surface area (Å²) in [6.07, 6.45) is 0.160. The van der Waals surface area contributed by atoms with Crippen molar-refractivity contribution in [2.75, 3.05) is 31.7 Å². The van der Waals surface area contributed by atoms with E-state index in [0.717, 1.165) is 11.8 Å². The van der Waals surface area contributed by atoms with E-state index in [2.05, 4.69) is 20.3 Å². The summed E-state index contributed by atoms with van der Waals surface area (Å²) >= 11 is 0. The van der Waals surface area contributed by atoms with Crippen LogP contribution in [0.15, 0.2) is 30.5 Å². The van der Waals surface area contributed by atoms with Crippen molar-refractivity contribution in [3.8, 4) is 11.6 Å². The molecule has 3 aromatic rings. The summed E-state index contributed by atoms with van der Waals surface area (Å²) in [7, 11) is 0. The number of para-hydroxylation sites is 1. The van der Waals surface area contributed by atoms with Crippen LogP contribution in [0.2, 0.25) is 0 Å². The average Bonchev–Trinajstić information content (AvgIpc) is 3.54. The van der Waals surface area contributed by atoms with Gasteiger partial charge in [-0.15, -0.1) is 0 Å². The van der Waals surface area contributed by atoms with Crippen molar-refractivity contribution >= 4 is 16.7 Å². The van der Waals surface area contributed by atoms with Gasteiger partial charge in [0.15, 0.2) is 0 Å². The first-order chi connectivity index (χ1) is 17.0. The molecule has 0 radical (unpaired) electrons. The molecular formula is C25H28F2N4O4. The Balaban J connectivity index is 1.46. The zero-order chi connectivity index (χ0) is 24.4. The summed E-state index contributed by atoms with van der Waals surface area (Å²) in [4.78, 5) is 13.5. The number of anilines is 1. The number of halogens is 2. The molecule has 3 atom stereocenters. The van der Waals surface area contributed by atoms with Crippen molar-refractivity contribution in [1.82, 2.24) is 15.0 Å². The molecule has 1 aromatic carbocycles. The molecule has 0 spiro atoms. The molecule has 186 valence electrons. The smallest absolute Gasteiger partial charge is 0.267 e. The maximum absolute atomic E-state index is 13.9. The van der Waals surface area contributed by atoms with Gasteiger partial charge in [-0.25, -0.2) is 23.7 Å². The highest BCUT2D eigenvalue weighted by Crippen LogP contribution is 2.38. The van der Waals surface area contributed by atoms with Crippen LogP contribution in [0, 0.1) is 6.92 Å². The Morgan fingerprint density at radius 2 is 1.74 bits per heavy atom. The van der Waals surface area contributed by atoms with E-state index in [4.69, 9.17) is 18.9 Å². The highest BCUT2D eigenvalue weighted by molar-refractivity contribution is 5.89. The van der Waals surface area contributed by atoms with Crippen molar-refractivity contribution < 1.29 is 27.7 Å². The van der Waals surface area contributed by atoms with Crippen LogP contribution in [0.5, 0.6) is 11.6 Å². The Labute approximate surface area is 202 Å². The van der Waals surface area contributed by atoms with Crippen LogP contribution in [0.1, 0.15) is 49.2 Å². The lowest BCUT2D eigenvalue weighted by atomic mass is 10.0. The fraction of sp³-hybridized carbons (Fsp3) is 0.480. The molecule has 2 saturated heterocycles. The topological polar surface area (TPSA) is 87.6 Å². The molecule has 2 aliphatic rings. The monoisotopic (exact) mass is 486 g/mol. The molecule has 2 aliphatic heterocycles. The largest absolute Gasteiger partial charge is 0.487 e. The molecule has 0 unspecified atom stereocenters. The van der Waals surface area contributed by atoms with Gasteiger partial charge in [0, 0.05) is 29.9 Å². The van der Waals surface area contributed by atoms with E-state index < -0.39 is 6.43 Å². The van der Waals surface area contributed by atoms with Gasteiger partial charge in [-0.3, -0.25) is 0 Å². The van der Waals surface area contributed by atoms with Crippen molar-refractivity contribution in [3.63, 3.8) is 0 Å². The Bertz CT molecular complexity index is 1180. The quantitative estimate of drug-likeness (QED) is 0.487. The maximum atomic E-state index is 13.9. The number of nitrogens with zero attached hydrogens (tertiary/aromatic N) is 3. The Morgan fingerprint density at radius 1 is 1.03 bits per heavy atom. The fourth-order valence-electron chi connectivity index (χ4n) is 4.36. The van der Waals surface area contributed by atoms with Gasteiger partial charge in [0.1, 0.15) is 29.6 Å². The van der Waals surface area contributed by atoms with Gasteiger partial charge < -0.3 is 24.3 Å². The molecule has 0 amide bonds. The zero-order valence-corrected chi connectivity index (χ0v) is 19.7. The second-order valence-corrected chi connectivity index (χ2v) is 8.80. The summed E-state index contributed by atoms with van der Waals surface area (Å²) in [6.45, 7) is 5.82. The zero-order valence-electron chi connectivity index (χ0n) is 19.7. The first kappa shape index (κ1) is 23.6. The minimum Gasteiger partial charge on any atom is -0.487 e. The molecule has 10 heteroatoms. The summed E-state index contributed by atoms with van der Waals surface area (Å²) in [5.41, 5.74) is 1.14. The van der Waals surface area contributed by atoms with Gasteiger partial charge in [0.2, 0.25) is 5.88 Å². The highest BCUT2D eigenvalue weighted by Gasteiger charge is 2.26. The van der Waals surface area contributed by atoms with Crippen LogP contribution in [-0.4, -0.2) is 53.6 Å². The first-order valence-corrected chi connectivity index (χ1v) is 11.8. The van der Waals surface area contributed by atoms with Crippen LogP contribution in [0.4, 0.5) is 14.6 Å². The third kappa shape index (κ3) is 5.28. The molecule has 0 aliphatic carbocycles. The first-order valence-electron chi connectivity index (χ1n) is 11.8. The summed E-state index contributed by atoms with van der Waals surface area (Å²) < 4.78 is 50.5. The van der Waals surface area contributed by atoms with E-state index in [0.29, 0.717) is 61.5 Å². The van der Waals surface area contributed by atoms with Gasteiger partial charge in [0.25, 0.3) is 6.43 Å². The van der Waals surface area contributed by atoms with Crippen LogP contribution in [-0.2, 0) is 9.47 Å². The van der Waals surface area contributed by atoms with Crippen LogP contribution >= 0.6 is 0 Å². The van der Waals surface area contributed by atoms with E-state index in [1.54, 1.807) is 31.3 Å². The van der Waals surface area contributed by atoms with E-state index in [-0.39, 0.29) is 29.6 Å². The predicted octanol–water partition coefficient (Wildman–Crippen LogP) is 4.78. The summed E-state index contributed by atoms with van der Waals surface area (Å²) in [5.74, 6) is 1.78. The van der Waals surface area contributed by atoms with Crippen molar-refractivity contribution in [3.05, 3.63) is 47.4 Å². The van der Waals surface area contributed by atoms with Gasteiger partial charge in [-0.05, 0) is 19.9 Å². The number of ether oxygens (including phenoxy) is 4. The molecule has 2 fully saturated rings. The Kier molecular flexibility index (Phi) is 6.92. The van der Waals surface area contributed by atoms with Crippen molar-refractivity contribution in [2.24, 2.45) is 0 Å². The van der Waals surface area contributed by atoms with E-state index >= 15 is 0 Å². The number of alkyl halides is 2. The number of benzene rings is 1. The van der Waals surface area contributed by atoms with Crippen molar-refractivity contribution in [1.29, 1.82) is 0 Å². The minimum atomic E-state index is -2.66. The predicted molar refractivity (Wildman–Crippen MR) is 125 cm³/mol. The Hall–Kier alpha value is -3.11. The van der Waals surface area contributed by atoms with E-state index in [1.807, 2.05) is 6.92 Å². The number of hydrogen-bond acceptors (Lipinski definition) is 8. The lowest BCUT2D eigenvalue weighted by Crippen LogP contribution is -2.20. The third-order valence-corrected chi connectivity index (χ3v) is 6.15. The number of rotatable bonds is 8. The van der Waals surface area contributed by atoms with Crippen LogP contribution < -0.4 is 14.8 Å². The SMILES string of the molecule is Cc1nc(N[C@H](C)c2cccc(C(F)F)c2O[C@@H]2CCOC2)c2cc(O[C@@H]3CCOC3)ncc2n1. The standard InChI is InChI=1S/C25H28F2N4O4/c1-14(18-4-3-5-19(24(26)27)23(18)35-17-7-9-33-13-17)29-25-20-10-22(34-16-6-8-32-12-16)28-11-21(20)30-15(2)31-25/h3-5,10-11,14,16-17,24H,6-9,12-13H2,1-2H3,(H,29,30,31)/t14-,16-,17-/m1/s1. The number of aromatic nitrogens is 3. The molecule has 8 nitrogen and oxygen atoms in total. The lowest BCUT2D eigenvalue weighted by Gasteiger charge is -2.23. The van der Waals surface area contributed by atoms with Gasteiger partial charge in [-0.2, -0.15) is 0 Å². The normalized spacial score (nSPS) is 20.9. The van der Waals surface area contributed by atoms with Gasteiger partial charge in [0.05, 0.1) is 49.7 Å². The van der Waals surface area contributed by atoms with Crippen LogP contribution in [0.3, 0.4) is 0 Å². The lowest BCUT2D eigenvalue weighted by molar-refractivity contribution is 0.123. The fourth-order valence-corrected chi connectivity index (χ4v) is 4.36. The number of hydrogen-bond donors (Lipinski definition) is 1. The minimum absolute atomic E-state index is 0.0435. The molecule has 0 bridgehead atoms. The van der Waals surface area contributed by atoms with Crippen molar-refractivity contribution in [2.45, 2.75) is 51.4 Å². The van der Waals surface area contributed by atoms with Gasteiger partial charge >= 0.3 is 0 Å². The summed E-state index contributed by atoms with van der Waals surface area (Å²) in [6, 6.07) is 6.23. The second-order valence-electron chi connectivity index (χ2n) is 8.80. The molecule has 0 saturated carbocycles. The Morgan fingerprint density at radius 3 is 2.43 bits per heavy atom. The number of fused-ring (bicyclic) bond motifs is 1. The average molecular weight is 487 g/mol. The molecule has 4 heterocycles. The molecular weight excluding hydrogens is 458 g/mol. The van der Waals surface area contributed by atoms with E-state index in [9.17, 15) is 8.78 Å². The van der Waals surface area contributed by atoms with E-state index in [1.165, 1.54) is 6.07 Å². The third-order valence-electron chi connectivity index (χ3n) is 6.15.